The molecule has 9 rings (SSSR count). The Kier molecular flexibility index (Phi) is 12.2. The summed E-state index contributed by atoms with van der Waals surface area (Å²) in [6.07, 6.45) is 0. The molecule has 0 spiro atoms. The number of hydrogen-bond donors (Lipinski definition) is 3. The number of hydrogen-bond acceptors (Lipinski definition) is 15. The minimum atomic E-state index is -0.481. The lowest BCUT2D eigenvalue weighted by Gasteiger charge is -2.34. The summed E-state index contributed by atoms with van der Waals surface area (Å²) in [6.45, 7) is 16.6. The number of amides is 1. The number of aliphatic imine (C=N–C) groups is 1. The summed E-state index contributed by atoms with van der Waals surface area (Å²) >= 11 is 0. The molecule has 2 fully saturated rings. The van der Waals surface area contributed by atoms with Gasteiger partial charge in [0.1, 0.15) is 17.5 Å². The standard InChI is InChI=1S/C47H55FN16O3/c1-25-23-66-16-14-61(25)40-20-36(55-46(57-40)63-38-13-11-10-12-34(38)53-45(63)52-31(7)65)42(27(3)49)28(4)51-22-32-18-35-39(19-33(32)48)64(44(50-8)54-35)47-56-37(43-29(5)59-60(9)30(43)6)21-41(58-47)62-15-17-67-24-26(62)2/h10-13,18-21,25-26H,14-17,22-24,49H2,1-9H3,(H,50,54)(H,52,53,65)/t25-,26-/m1/s1. The number of fused-ring (bicyclic) bond motifs is 2. The van der Waals surface area contributed by atoms with E-state index in [4.69, 9.17) is 50.1 Å². The molecule has 2 saturated heterocycles. The summed E-state index contributed by atoms with van der Waals surface area (Å²) in [5.74, 6) is 1.89. The highest BCUT2D eigenvalue weighted by molar-refractivity contribution is 6.23. The van der Waals surface area contributed by atoms with Crippen LogP contribution in [0.2, 0.25) is 0 Å². The molecule has 7 aromatic rings. The fourth-order valence-electron chi connectivity index (χ4n) is 8.93. The van der Waals surface area contributed by atoms with E-state index >= 15 is 4.39 Å². The third-order valence-corrected chi connectivity index (χ3v) is 12.3. The molecular formula is C47H55FN16O3. The second-order valence-electron chi connectivity index (χ2n) is 17.1. The Morgan fingerprint density at radius 1 is 0.836 bits per heavy atom. The second kappa shape index (κ2) is 18.2. The minimum absolute atomic E-state index is 0.00485. The van der Waals surface area contributed by atoms with Crippen LogP contribution in [0.3, 0.4) is 0 Å². The van der Waals surface area contributed by atoms with Crippen molar-refractivity contribution in [3.05, 3.63) is 82.7 Å². The first-order valence-electron chi connectivity index (χ1n) is 22.3. The summed E-state index contributed by atoms with van der Waals surface area (Å²) in [5, 5.41) is 10.7. The Hall–Kier alpha value is -7.32. The van der Waals surface area contributed by atoms with Gasteiger partial charge in [0.2, 0.25) is 29.7 Å². The number of morpholine rings is 2. The van der Waals surface area contributed by atoms with Crippen molar-refractivity contribution in [2.24, 2.45) is 17.8 Å². The Balaban J connectivity index is 1.11. The molecule has 7 heterocycles. The number of aromatic nitrogens is 10. The zero-order valence-electron chi connectivity index (χ0n) is 39.2. The number of rotatable bonds is 11. The second-order valence-corrected chi connectivity index (χ2v) is 17.1. The molecule has 0 saturated carbocycles. The third-order valence-electron chi connectivity index (χ3n) is 12.3. The van der Waals surface area contributed by atoms with Gasteiger partial charge >= 0.3 is 0 Å². The van der Waals surface area contributed by atoms with Gasteiger partial charge in [-0.05, 0) is 59.7 Å². The number of carbonyl (C=O) groups is 1. The van der Waals surface area contributed by atoms with Gasteiger partial charge in [0, 0.05) is 86.1 Å². The number of nitrogens with one attached hydrogen (secondary N) is 2. The van der Waals surface area contributed by atoms with Crippen LogP contribution in [-0.2, 0) is 27.9 Å². The number of allylic oxidation sites excluding steroid dienone is 2. The summed E-state index contributed by atoms with van der Waals surface area (Å²) in [4.78, 5) is 51.6. The van der Waals surface area contributed by atoms with Crippen LogP contribution >= 0.6 is 0 Å². The van der Waals surface area contributed by atoms with E-state index in [1.165, 1.54) is 13.0 Å². The predicted molar refractivity (Wildman–Crippen MR) is 258 cm³/mol. The van der Waals surface area contributed by atoms with Crippen molar-refractivity contribution in [3.63, 3.8) is 0 Å². The van der Waals surface area contributed by atoms with Crippen LogP contribution in [0.5, 0.6) is 0 Å². The molecule has 20 heteroatoms. The molecule has 0 bridgehead atoms. The Labute approximate surface area is 387 Å². The van der Waals surface area contributed by atoms with E-state index in [2.05, 4.69) is 39.4 Å². The molecule has 4 N–H and O–H groups in total. The quantitative estimate of drug-likeness (QED) is 0.129. The van der Waals surface area contributed by atoms with Gasteiger partial charge in [0.05, 0.1) is 84.2 Å². The monoisotopic (exact) mass is 910 g/mol. The molecule has 5 aromatic heterocycles. The number of anilines is 4. The number of aryl methyl sites for hydroxylation is 2. The fourth-order valence-corrected chi connectivity index (χ4v) is 8.93. The van der Waals surface area contributed by atoms with Crippen molar-refractivity contribution in [2.75, 3.05) is 67.0 Å². The maximum Gasteiger partial charge on any atom is 0.239 e. The van der Waals surface area contributed by atoms with Crippen LogP contribution < -0.4 is 26.2 Å². The highest BCUT2D eigenvalue weighted by Gasteiger charge is 2.28. The first-order chi connectivity index (χ1) is 32.2. The molecule has 2 aliphatic heterocycles. The topological polar surface area (TPSA) is 209 Å². The van der Waals surface area contributed by atoms with Crippen LogP contribution in [0.1, 0.15) is 57.3 Å². The van der Waals surface area contributed by atoms with E-state index in [1.807, 2.05) is 68.9 Å². The number of nitrogens with two attached hydrogens (primary N) is 1. The van der Waals surface area contributed by atoms with Crippen molar-refractivity contribution in [2.45, 2.75) is 67.1 Å². The van der Waals surface area contributed by atoms with Crippen molar-refractivity contribution in [1.29, 1.82) is 0 Å². The minimum Gasteiger partial charge on any atom is -0.402 e. The molecule has 2 aliphatic rings. The Morgan fingerprint density at radius 3 is 2.10 bits per heavy atom. The van der Waals surface area contributed by atoms with E-state index in [0.29, 0.717) is 113 Å². The van der Waals surface area contributed by atoms with Gasteiger partial charge in [-0.25, -0.2) is 33.5 Å². The lowest BCUT2D eigenvalue weighted by molar-refractivity contribution is -0.114. The molecule has 1 amide bonds. The van der Waals surface area contributed by atoms with Crippen LogP contribution in [-0.4, -0.2) is 119 Å². The fraction of sp³-hybridized carbons (Fsp3) is 0.383. The number of ether oxygens (including phenoxy) is 2. The number of carbonyl (C=O) groups excluding carboxylic acids is 1. The number of para-hydroxylation sites is 2. The van der Waals surface area contributed by atoms with Gasteiger partial charge < -0.3 is 30.3 Å². The first-order valence-corrected chi connectivity index (χ1v) is 22.3. The molecule has 2 aromatic carbocycles. The van der Waals surface area contributed by atoms with Gasteiger partial charge in [-0.15, -0.1) is 0 Å². The van der Waals surface area contributed by atoms with Crippen molar-refractivity contribution < 1.29 is 18.7 Å². The predicted octanol–water partition coefficient (Wildman–Crippen LogP) is 5.90. The van der Waals surface area contributed by atoms with Gasteiger partial charge in [0.25, 0.3) is 0 Å². The normalized spacial score (nSPS) is 17.4. The molecule has 0 radical (unpaired) electrons. The molecule has 67 heavy (non-hydrogen) atoms. The molecular weight excluding hydrogens is 856 g/mol. The number of benzene rings is 2. The van der Waals surface area contributed by atoms with Crippen LogP contribution in [0.15, 0.2) is 59.2 Å². The van der Waals surface area contributed by atoms with Crippen LogP contribution in [0.25, 0.3) is 50.8 Å². The maximum atomic E-state index is 16.6. The molecule has 19 nitrogen and oxygen atoms in total. The smallest absolute Gasteiger partial charge is 0.239 e. The van der Waals surface area contributed by atoms with Gasteiger partial charge in [-0.1, -0.05) is 12.1 Å². The average Bonchev–Trinajstić information content (AvgIpc) is 3.93. The molecule has 348 valence electrons. The average molecular weight is 911 g/mol. The van der Waals surface area contributed by atoms with Crippen LogP contribution in [0.4, 0.5) is 27.9 Å². The Morgan fingerprint density at radius 2 is 1.48 bits per heavy atom. The number of nitrogens with zero attached hydrogens (tertiary/aromatic N) is 13. The zero-order valence-corrected chi connectivity index (χ0v) is 39.2. The lowest BCUT2D eigenvalue weighted by atomic mass is 10.0. The number of halogens is 1. The molecule has 0 unspecified atom stereocenters. The lowest BCUT2D eigenvalue weighted by Crippen LogP contribution is -2.44. The SMILES string of the molecule is CNc1nc2cc(CN=C(C)C(=C(C)N)c3cc(N4CCOC[C@H]4C)nc(-n4c(NC(C)=O)nc5ccccc54)n3)c(F)cc2n1-c1nc(-c2c(C)nn(C)c2C)cc(N2CCOC[C@H]2C)n1. The van der Waals surface area contributed by atoms with E-state index < -0.39 is 5.82 Å². The third kappa shape index (κ3) is 8.53. The van der Waals surface area contributed by atoms with E-state index in [9.17, 15) is 4.79 Å². The number of imidazole rings is 2. The van der Waals surface area contributed by atoms with E-state index in [-0.39, 0.29) is 36.4 Å². The van der Waals surface area contributed by atoms with Crippen LogP contribution in [0, 0.1) is 19.7 Å². The largest absolute Gasteiger partial charge is 0.402 e. The van der Waals surface area contributed by atoms with Crippen molar-refractivity contribution in [1.82, 2.24) is 48.8 Å². The highest BCUT2D eigenvalue weighted by atomic mass is 19.1. The highest BCUT2D eigenvalue weighted by Crippen LogP contribution is 2.34. The summed E-state index contributed by atoms with van der Waals surface area (Å²) in [5.41, 5.74) is 14.8. The summed E-state index contributed by atoms with van der Waals surface area (Å²) in [7, 11) is 3.67. The van der Waals surface area contributed by atoms with Gasteiger partial charge in [0.15, 0.2) is 0 Å². The zero-order chi connectivity index (χ0) is 47.3. The first kappa shape index (κ1) is 44.9. The van der Waals surface area contributed by atoms with E-state index in [1.54, 1.807) is 29.2 Å². The maximum absolute atomic E-state index is 16.6. The van der Waals surface area contributed by atoms with E-state index in [0.717, 1.165) is 22.8 Å². The summed E-state index contributed by atoms with van der Waals surface area (Å²) in [6, 6.07) is 14.6. The van der Waals surface area contributed by atoms with Gasteiger partial charge in [-0.2, -0.15) is 15.1 Å². The summed E-state index contributed by atoms with van der Waals surface area (Å²) < 4.78 is 33.4. The van der Waals surface area contributed by atoms with Gasteiger partial charge in [-0.3, -0.25) is 19.8 Å². The molecule has 2 atom stereocenters. The molecule has 0 aliphatic carbocycles. The Bertz CT molecular complexity index is 3110. The van der Waals surface area contributed by atoms with Crippen molar-refractivity contribution >= 4 is 62.8 Å². The van der Waals surface area contributed by atoms with Crippen molar-refractivity contribution in [3.8, 4) is 23.2 Å².